The monoisotopic (exact) mass is 214 g/mol. The first-order valence-electron chi connectivity index (χ1n) is 2.88. The van der Waals surface area contributed by atoms with Crippen LogP contribution in [0.15, 0.2) is 10.7 Å². The molecule has 1 aromatic heterocycles. The van der Waals surface area contributed by atoms with Gasteiger partial charge in [-0.2, -0.15) is 5.26 Å². The number of aryl methyl sites for hydroxylation is 1. The van der Waals surface area contributed by atoms with Crippen LogP contribution in [0, 0.1) is 24.1 Å². The second-order valence-corrected chi connectivity index (χ2v) is 2.85. The third kappa shape index (κ3) is 1.55. The molecule has 0 unspecified atom stereocenters. The number of hydrogen-bond acceptors (Lipinski definition) is 2. The van der Waals surface area contributed by atoms with Gasteiger partial charge in [0.25, 0.3) is 0 Å². The summed E-state index contributed by atoms with van der Waals surface area (Å²) in [5.41, 5.74) is 0.250. The van der Waals surface area contributed by atoms with Crippen molar-refractivity contribution < 1.29 is 4.39 Å². The highest BCUT2D eigenvalue weighted by atomic mass is 79.9. The first kappa shape index (κ1) is 8.15. The number of aromatic nitrogens is 1. The van der Waals surface area contributed by atoms with Gasteiger partial charge >= 0.3 is 0 Å². The fourth-order valence-electron chi connectivity index (χ4n) is 0.691. The molecule has 1 rings (SSSR count). The highest BCUT2D eigenvalue weighted by Gasteiger charge is 2.06. The van der Waals surface area contributed by atoms with Crippen LogP contribution in [0.5, 0.6) is 0 Å². The minimum absolute atomic E-state index is 0.170. The van der Waals surface area contributed by atoms with Crippen LogP contribution in [-0.4, -0.2) is 4.98 Å². The summed E-state index contributed by atoms with van der Waals surface area (Å²) in [7, 11) is 0. The van der Waals surface area contributed by atoms with Gasteiger partial charge in [0.15, 0.2) is 11.5 Å². The van der Waals surface area contributed by atoms with Crippen LogP contribution < -0.4 is 0 Å². The lowest BCUT2D eigenvalue weighted by molar-refractivity contribution is 0.606. The van der Waals surface area contributed by atoms with E-state index < -0.39 is 5.82 Å². The van der Waals surface area contributed by atoms with Gasteiger partial charge in [-0.15, -0.1) is 0 Å². The van der Waals surface area contributed by atoms with Crippen molar-refractivity contribution >= 4 is 15.9 Å². The molecule has 0 bridgehead atoms. The molecule has 0 fully saturated rings. The van der Waals surface area contributed by atoms with Gasteiger partial charge in [0.1, 0.15) is 10.7 Å². The Balaban J connectivity index is 3.39. The largest absolute Gasteiger partial charge is 0.227 e. The van der Waals surface area contributed by atoms with Crippen LogP contribution in [-0.2, 0) is 0 Å². The van der Waals surface area contributed by atoms with Crippen molar-refractivity contribution in [1.82, 2.24) is 4.98 Å². The maximum Gasteiger partial charge on any atom is 0.177 e. The van der Waals surface area contributed by atoms with Gasteiger partial charge in [-0.05, 0) is 34.5 Å². The van der Waals surface area contributed by atoms with Crippen LogP contribution in [0.3, 0.4) is 0 Å². The molecule has 1 heterocycles. The quantitative estimate of drug-likeness (QED) is 0.621. The molecule has 4 heteroatoms. The topological polar surface area (TPSA) is 36.7 Å². The Labute approximate surface area is 71.8 Å². The number of rotatable bonds is 0. The molecule has 0 aliphatic rings. The van der Waals surface area contributed by atoms with Crippen molar-refractivity contribution in [3.8, 4) is 6.07 Å². The van der Waals surface area contributed by atoms with E-state index in [2.05, 4.69) is 20.9 Å². The molecule has 0 saturated carbocycles. The van der Waals surface area contributed by atoms with E-state index in [1.54, 1.807) is 13.0 Å². The van der Waals surface area contributed by atoms with Crippen LogP contribution in [0.25, 0.3) is 0 Å². The fraction of sp³-hybridized carbons (Fsp3) is 0.143. The summed E-state index contributed by atoms with van der Waals surface area (Å²) in [6.45, 7) is 1.59. The van der Waals surface area contributed by atoms with Crippen molar-refractivity contribution in [3.63, 3.8) is 0 Å². The van der Waals surface area contributed by atoms with Crippen molar-refractivity contribution in [2.45, 2.75) is 6.92 Å². The van der Waals surface area contributed by atoms with Crippen LogP contribution >= 0.6 is 15.9 Å². The normalized spacial score (nSPS) is 9.27. The first-order valence-corrected chi connectivity index (χ1v) is 3.67. The summed E-state index contributed by atoms with van der Waals surface area (Å²) in [5.74, 6) is -0.546. The Hall–Kier alpha value is -0.950. The lowest BCUT2D eigenvalue weighted by atomic mass is 10.2. The fourth-order valence-corrected chi connectivity index (χ4v) is 1.21. The van der Waals surface area contributed by atoms with E-state index in [9.17, 15) is 4.39 Å². The van der Waals surface area contributed by atoms with Crippen molar-refractivity contribution in [3.05, 3.63) is 27.7 Å². The second kappa shape index (κ2) is 2.97. The number of nitrogens with zero attached hydrogens (tertiary/aromatic N) is 2. The van der Waals surface area contributed by atoms with Gasteiger partial charge in [0, 0.05) is 0 Å². The molecule has 0 radical (unpaired) electrons. The zero-order valence-corrected chi connectivity index (χ0v) is 7.31. The molecule has 56 valence electrons. The van der Waals surface area contributed by atoms with E-state index in [1.807, 2.05) is 0 Å². The minimum Gasteiger partial charge on any atom is -0.227 e. The molecule has 0 atom stereocenters. The minimum atomic E-state index is -0.546. The molecule has 0 amide bonds. The van der Waals surface area contributed by atoms with Gasteiger partial charge in [-0.3, -0.25) is 0 Å². The predicted molar refractivity (Wildman–Crippen MR) is 41.3 cm³/mol. The van der Waals surface area contributed by atoms with E-state index in [4.69, 9.17) is 5.26 Å². The van der Waals surface area contributed by atoms with Gasteiger partial charge in [-0.25, -0.2) is 9.37 Å². The summed E-state index contributed by atoms with van der Waals surface area (Å²) in [6.07, 6.45) is 0. The van der Waals surface area contributed by atoms with Crippen LogP contribution in [0.2, 0.25) is 0 Å². The lowest BCUT2D eigenvalue weighted by Crippen LogP contribution is -1.93. The van der Waals surface area contributed by atoms with E-state index >= 15 is 0 Å². The Morgan fingerprint density at radius 1 is 1.73 bits per heavy atom. The molecule has 0 aliphatic carbocycles. The lowest BCUT2D eigenvalue weighted by Gasteiger charge is -1.97. The standard InChI is InChI=1S/C7H4BrFN2/c1-4-2-6(8)11-5(3-10)7(4)9/h2H,1H3. The number of hydrogen-bond donors (Lipinski definition) is 0. The summed E-state index contributed by atoms with van der Waals surface area (Å²) >= 11 is 3.06. The van der Waals surface area contributed by atoms with Gasteiger partial charge in [-0.1, -0.05) is 0 Å². The Morgan fingerprint density at radius 3 is 2.91 bits per heavy atom. The Morgan fingerprint density at radius 2 is 2.36 bits per heavy atom. The van der Waals surface area contributed by atoms with Gasteiger partial charge in [0.2, 0.25) is 0 Å². The van der Waals surface area contributed by atoms with E-state index in [-0.39, 0.29) is 5.69 Å². The Kier molecular flexibility index (Phi) is 2.20. The van der Waals surface area contributed by atoms with E-state index in [0.717, 1.165) is 0 Å². The third-order valence-electron chi connectivity index (χ3n) is 1.21. The van der Waals surface area contributed by atoms with Crippen molar-refractivity contribution in [1.29, 1.82) is 5.26 Å². The summed E-state index contributed by atoms with van der Waals surface area (Å²) in [4.78, 5) is 3.63. The summed E-state index contributed by atoms with van der Waals surface area (Å²) in [6, 6.07) is 3.18. The Bertz CT molecular complexity index is 330. The number of nitriles is 1. The second-order valence-electron chi connectivity index (χ2n) is 2.04. The van der Waals surface area contributed by atoms with Gasteiger partial charge in [0.05, 0.1) is 0 Å². The summed E-state index contributed by atoms with van der Waals surface area (Å²) in [5, 5.41) is 8.39. The smallest absolute Gasteiger partial charge is 0.177 e. The molecular formula is C7H4BrFN2. The number of halogens is 2. The van der Waals surface area contributed by atoms with Crippen molar-refractivity contribution in [2.75, 3.05) is 0 Å². The van der Waals surface area contributed by atoms with Crippen molar-refractivity contribution in [2.24, 2.45) is 0 Å². The zero-order chi connectivity index (χ0) is 8.43. The average Bonchev–Trinajstić information content (AvgIpc) is 1.96. The molecule has 0 aromatic carbocycles. The maximum atomic E-state index is 12.9. The molecular weight excluding hydrogens is 211 g/mol. The molecule has 0 spiro atoms. The zero-order valence-electron chi connectivity index (χ0n) is 5.73. The van der Waals surface area contributed by atoms with Crippen LogP contribution in [0.4, 0.5) is 4.39 Å². The predicted octanol–water partition coefficient (Wildman–Crippen LogP) is 2.16. The average molecular weight is 215 g/mol. The van der Waals surface area contributed by atoms with Crippen LogP contribution in [0.1, 0.15) is 11.3 Å². The molecule has 0 saturated heterocycles. The molecule has 1 aromatic rings. The SMILES string of the molecule is Cc1cc(Br)nc(C#N)c1F. The molecule has 2 nitrogen and oxygen atoms in total. The van der Waals surface area contributed by atoms with Gasteiger partial charge < -0.3 is 0 Å². The highest BCUT2D eigenvalue weighted by molar-refractivity contribution is 9.10. The first-order chi connectivity index (χ1) is 5.15. The van der Waals surface area contributed by atoms with E-state index in [0.29, 0.717) is 10.2 Å². The maximum absolute atomic E-state index is 12.9. The third-order valence-corrected chi connectivity index (χ3v) is 1.62. The highest BCUT2D eigenvalue weighted by Crippen LogP contribution is 2.14. The summed E-state index contributed by atoms with van der Waals surface area (Å²) < 4.78 is 13.4. The molecule has 0 N–H and O–H groups in total. The van der Waals surface area contributed by atoms with E-state index in [1.165, 1.54) is 6.07 Å². The molecule has 0 aliphatic heterocycles. The number of pyridine rings is 1. The molecule has 11 heavy (non-hydrogen) atoms.